The number of benzene rings is 1. The molecule has 1 saturated heterocycles. The van der Waals surface area contributed by atoms with Crippen LogP contribution >= 0.6 is 0 Å². The predicted molar refractivity (Wildman–Crippen MR) is 78.0 cm³/mol. The molecule has 2 rings (SSSR count). The van der Waals surface area contributed by atoms with E-state index in [9.17, 15) is 4.79 Å². The van der Waals surface area contributed by atoms with Gasteiger partial charge < -0.3 is 10.2 Å². The van der Waals surface area contributed by atoms with Gasteiger partial charge in [-0.3, -0.25) is 4.79 Å². The van der Waals surface area contributed by atoms with E-state index in [0.29, 0.717) is 6.54 Å². The Bertz CT molecular complexity index is 441. The van der Waals surface area contributed by atoms with Crippen LogP contribution in [0.4, 0.5) is 0 Å². The largest absolute Gasteiger partial charge is 0.341 e. The minimum atomic E-state index is 0.178. The van der Waals surface area contributed by atoms with Crippen LogP contribution in [0.1, 0.15) is 31.9 Å². The minimum absolute atomic E-state index is 0.178. The first-order valence-corrected chi connectivity index (χ1v) is 6.93. The van der Waals surface area contributed by atoms with Crippen LogP contribution in [0.2, 0.25) is 0 Å². The van der Waals surface area contributed by atoms with Gasteiger partial charge >= 0.3 is 0 Å². The van der Waals surface area contributed by atoms with Crippen molar-refractivity contribution < 1.29 is 4.79 Å². The van der Waals surface area contributed by atoms with Crippen molar-refractivity contribution in [2.75, 3.05) is 20.1 Å². The Kier molecular flexibility index (Phi) is 3.95. The second-order valence-electron chi connectivity index (χ2n) is 6.50. The highest BCUT2D eigenvalue weighted by Crippen LogP contribution is 2.22. The van der Waals surface area contributed by atoms with Crippen LogP contribution in [0.15, 0.2) is 24.3 Å². The van der Waals surface area contributed by atoms with Crippen molar-refractivity contribution >= 4 is 5.91 Å². The molecule has 1 N–H and O–H groups in total. The van der Waals surface area contributed by atoms with Crippen molar-refractivity contribution in [3.05, 3.63) is 35.4 Å². The van der Waals surface area contributed by atoms with Crippen LogP contribution < -0.4 is 5.32 Å². The number of hydrogen-bond donors (Lipinski definition) is 1. The van der Waals surface area contributed by atoms with E-state index in [2.05, 4.69) is 50.4 Å². The van der Waals surface area contributed by atoms with E-state index in [1.807, 2.05) is 11.9 Å². The molecule has 0 radical (unpaired) electrons. The Morgan fingerprint density at radius 2 is 1.84 bits per heavy atom. The third-order valence-electron chi connectivity index (χ3n) is 3.75. The molecule has 3 heteroatoms. The number of rotatable bonds is 3. The van der Waals surface area contributed by atoms with E-state index in [-0.39, 0.29) is 17.2 Å². The number of amides is 1. The summed E-state index contributed by atoms with van der Waals surface area (Å²) in [6.07, 6.45) is 0. The SMILES string of the molecule is CN(Cc1ccc(C(C)(C)C)cc1)C(=O)C1CNC1. The molecule has 0 bridgehead atoms. The smallest absolute Gasteiger partial charge is 0.228 e. The minimum Gasteiger partial charge on any atom is -0.341 e. The van der Waals surface area contributed by atoms with Crippen LogP contribution in [-0.2, 0) is 16.8 Å². The fourth-order valence-electron chi connectivity index (χ4n) is 2.24. The molecule has 1 amide bonds. The molecule has 1 aliphatic rings. The normalized spacial score (nSPS) is 16.0. The van der Waals surface area contributed by atoms with Gasteiger partial charge in [0.15, 0.2) is 0 Å². The molecule has 104 valence electrons. The second-order valence-corrected chi connectivity index (χ2v) is 6.50. The lowest BCUT2D eigenvalue weighted by molar-refractivity contribution is -0.136. The molecular weight excluding hydrogens is 236 g/mol. The summed E-state index contributed by atoms with van der Waals surface area (Å²) in [6, 6.07) is 8.59. The van der Waals surface area contributed by atoms with Gasteiger partial charge in [-0.05, 0) is 16.5 Å². The number of nitrogens with one attached hydrogen (secondary N) is 1. The van der Waals surface area contributed by atoms with Crippen molar-refractivity contribution in [3.63, 3.8) is 0 Å². The summed E-state index contributed by atoms with van der Waals surface area (Å²) in [7, 11) is 1.89. The molecule has 1 aromatic rings. The summed E-state index contributed by atoms with van der Waals surface area (Å²) >= 11 is 0. The predicted octanol–water partition coefficient (Wildman–Crippen LogP) is 2.16. The third kappa shape index (κ3) is 3.35. The summed E-state index contributed by atoms with van der Waals surface area (Å²) < 4.78 is 0. The maximum absolute atomic E-state index is 12.0. The molecule has 3 nitrogen and oxygen atoms in total. The fourth-order valence-corrected chi connectivity index (χ4v) is 2.24. The molecule has 0 aromatic heterocycles. The molecule has 19 heavy (non-hydrogen) atoms. The van der Waals surface area contributed by atoms with Crippen LogP contribution in [0.25, 0.3) is 0 Å². The maximum Gasteiger partial charge on any atom is 0.228 e. The molecule has 1 heterocycles. The van der Waals surface area contributed by atoms with Crippen LogP contribution in [-0.4, -0.2) is 30.9 Å². The summed E-state index contributed by atoms with van der Waals surface area (Å²) in [6.45, 7) is 8.97. The molecule has 0 atom stereocenters. The van der Waals surface area contributed by atoms with Crippen LogP contribution in [0, 0.1) is 5.92 Å². The van der Waals surface area contributed by atoms with E-state index in [0.717, 1.165) is 13.1 Å². The highest BCUT2D eigenvalue weighted by Gasteiger charge is 2.27. The average Bonchev–Trinajstić information content (AvgIpc) is 2.26. The van der Waals surface area contributed by atoms with Crippen molar-refractivity contribution in [1.82, 2.24) is 10.2 Å². The zero-order valence-corrected chi connectivity index (χ0v) is 12.4. The molecule has 1 aliphatic heterocycles. The van der Waals surface area contributed by atoms with E-state index >= 15 is 0 Å². The Labute approximate surface area is 116 Å². The van der Waals surface area contributed by atoms with Gasteiger partial charge in [-0.2, -0.15) is 0 Å². The first-order chi connectivity index (χ1) is 8.88. The lowest BCUT2D eigenvalue weighted by atomic mass is 9.87. The summed E-state index contributed by atoms with van der Waals surface area (Å²) in [5.74, 6) is 0.428. The number of carbonyl (C=O) groups is 1. The molecule has 1 aromatic carbocycles. The Morgan fingerprint density at radius 3 is 2.26 bits per heavy atom. The van der Waals surface area contributed by atoms with Gasteiger partial charge in [0, 0.05) is 26.7 Å². The van der Waals surface area contributed by atoms with Crippen molar-refractivity contribution in [3.8, 4) is 0 Å². The van der Waals surface area contributed by atoms with Gasteiger partial charge in [0.1, 0.15) is 0 Å². The standard InChI is InChI=1S/C16H24N2O/c1-16(2,3)14-7-5-12(6-8-14)11-18(4)15(19)13-9-17-10-13/h5-8,13,17H,9-11H2,1-4H3. The highest BCUT2D eigenvalue weighted by molar-refractivity contribution is 5.79. The van der Waals surface area contributed by atoms with Gasteiger partial charge in [-0.15, -0.1) is 0 Å². The zero-order chi connectivity index (χ0) is 14.0. The van der Waals surface area contributed by atoms with Crippen molar-refractivity contribution in [2.45, 2.75) is 32.7 Å². The molecule has 0 saturated carbocycles. The van der Waals surface area contributed by atoms with Gasteiger partial charge in [0.25, 0.3) is 0 Å². The van der Waals surface area contributed by atoms with Gasteiger partial charge in [-0.25, -0.2) is 0 Å². The third-order valence-corrected chi connectivity index (χ3v) is 3.75. The Hall–Kier alpha value is -1.35. The molecule has 1 fully saturated rings. The van der Waals surface area contributed by atoms with Gasteiger partial charge in [-0.1, -0.05) is 45.0 Å². The monoisotopic (exact) mass is 260 g/mol. The lowest BCUT2D eigenvalue weighted by Crippen LogP contribution is -2.50. The average molecular weight is 260 g/mol. The first kappa shape index (κ1) is 14.1. The van der Waals surface area contributed by atoms with Gasteiger partial charge in [0.05, 0.1) is 5.92 Å². The van der Waals surface area contributed by atoms with E-state index in [1.165, 1.54) is 11.1 Å². The van der Waals surface area contributed by atoms with E-state index in [1.54, 1.807) is 0 Å². The van der Waals surface area contributed by atoms with Crippen molar-refractivity contribution in [1.29, 1.82) is 0 Å². The second kappa shape index (κ2) is 5.33. The Balaban J connectivity index is 1.97. The van der Waals surface area contributed by atoms with E-state index < -0.39 is 0 Å². The highest BCUT2D eigenvalue weighted by atomic mass is 16.2. The van der Waals surface area contributed by atoms with Gasteiger partial charge in [0.2, 0.25) is 5.91 Å². The van der Waals surface area contributed by atoms with Crippen molar-refractivity contribution in [2.24, 2.45) is 5.92 Å². The fraction of sp³-hybridized carbons (Fsp3) is 0.562. The first-order valence-electron chi connectivity index (χ1n) is 6.93. The summed E-state index contributed by atoms with van der Waals surface area (Å²) in [5.41, 5.74) is 2.70. The summed E-state index contributed by atoms with van der Waals surface area (Å²) in [4.78, 5) is 13.9. The Morgan fingerprint density at radius 1 is 1.26 bits per heavy atom. The zero-order valence-electron chi connectivity index (χ0n) is 12.4. The van der Waals surface area contributed by atoms with Crippen LogP contribution in [0.5, 0.6) is 0 Å². The lowest BCUT2D eigenvalue weighted by Gasteiger charge is -2.30. The molecule has 0 aliphatic carbocycles. The summed E-state index contributed by atoms with van der Waals surface area (Å²) in [5, 5.41) is 3.14. The quantitative estimate of drug-likeness (QED) is 0.903. The topological polar surface area (TPSA) is 32.3 Å². The molecular formula is C16H24N2O. The number of hydrogen-bond acceptors (Lipinski definition) is 2. The van der Waals surface area contributed by atoms with E-state index in [4.69, 9.17) is 0 Å². The van der Waals surface area contributed by atoms with Crippen LogP contribution in [0.3, 0.4) is 0 Å². The maximum atomic E-state index is 12.0. The molecule has 0 unspecified atom stereocenters. The number of carbonyl (C=O) groups excluding carboxylic acids is 1. The molecule has 0 spiro atoms. The number of nitrogens with zero attached hydrogens (tertiary/aromatic N) is 1.